The number of hydrogen-bond donors (Lipinski definition) is 1. The van der Waals surface area contributed by atoms with Crippen LogP contribution in [0.3, 0.4) is 0 Å². The van der Waals surface area contributed by atoms with Gasteiger partial charge in [-0.1, -0.05) is 19.8 Å². The van der Waals surface area contributed by atoms with E-state index in [1.165, 1.54) is 0 Å². The lowest BCUT2D eigenvalue weighted by Crippen LogP contribution is -2.51. The predicted molar refractivity (Wildman–Crippen MR) is 80.9 cm³/mol. The van der Waals surface area contributed by atoms with Gasteiger partial charge in [-0.3, -0.25) is 9.69 Å². The Balaban J connectivity index is 2.02. The molecule has 2 rings (SSSR count). The van der Waals surface area contributed by atoms with Gasteiger partial charge in [-0.25, -0.2) is 4.79 Å². The highest BCUT2D eigenvalue weighted by molar-refractivity contribution is 5.86. The summed E-state index contributed by atoms with van der Waals surface area (Å²) in [5.41, 5.74) is -0.532. The van der Waals surface area contributed by atoms with Gasteiger partial charge >= 0.3 is 6.09 Å². The van der Waals surface area contributed by atoms with Crippen LogP contribution in [0.2, 0.25) is 0 Å². The molecule has 1 aliphatic carbocycles. The van der Waals surface area contributed by atoms with Crippen molar-refractivity contribution in [3.8, 4) is 0 Å². The Morgan fingerprint density at radius 1 is 1.19 bits per heavy atom. The lowest BCUT2D eigenvalue weighted by atomic mass is 10.1. The Bertz CT molecular complexity index is 403. The van der Waals surface area contributed by atoms with Crippen molar-refractivity contribution in [3.63, 3.8) is 0 Å². The number of carbonyl (C=O) groups is 2. The van der Waals surface area contributed by atoms with Gasteiger partial charge in [0.05, 0.1) is 0 Å². The molecule has 2 fully saturated rings. The molecule has 1 saturated carbocycles. The number of rotatable bonds is 2. The molecule has 0 aromatic carbocycles. The average molecular weight is 296 g/mol. The van der Waals surface area contributed by atoms with Crippen LogP contribution >= 0.6 is 0 Å². The van der Waals surface area contributed by atoms with Crippen molar-refractivity contribution >= 4 is 12.0 Å². The molecule has 120 valence electrons. The maximum atomic E-state index is 12.5. The molecule has 0 bridgehead atoms. The van der Waals surface area contributed by atoms with Crippen molar-refractivity contribution in [2.75, 3.05) is 6.54 Å². The number of ether oxygens (including phenoxy) is 1. The first-order valence-electron chi connectivity index (χ1n) is 8.08. The molecule has 0 aromatic heterocycles. The number of hydrogen-bond acceptors (Lipinski definition) is 3. The summed E-state index contributed by atoms with van der Waals surface area (Å²) in [6, 6.07) is -0.0867. The van der Waals surface area contributed by atoms with Gasteiger partial charge in [0.15, 0.2) is 0 Å². The van der Waals surface area contributed by atoms with E-state index in [9.17, 15) is 9.59 Å². The second kappa shape index (κ2) is 6.24. The zero-order valence-electron chi connectivity index (χ0n) is 13.6. The molecule has 3 unspecified atom stereocenters. The molecule has 1 aliphatic heterocycles. The fraction of sp³-hybridized carbons (Fsp3) is 0.875. The topological polar surface area (TPSA) is 58.6 Å². The van der Waals surface area contributed by atoms with Gasteiger partial charge in [0.2, 0.25) is 5.91 Å². The van der Waals surface area contributed by atoms with Gasteiger partial charge < -0.3 is 10.1 Å². The maximum Gasteiger partial charge on any atom is 0.410 e. The smallest absolute Gasteiger partial charge is 0.410 e. The van der Waals surface area contributed by atoms with Crippen LogP contribution in [-0.2, 0) is 9.53 Å². The molecule has 1 N–H and O–H groups in total. The third kappa shape index (κ3) is 4.61. The Hall–Kier alpha value is -1.26. The van der Waals surface area contributed by atoms with Gasteiger partial charge in [0.1, 0.15) is 11.6 Å². The molecule has 5 heteroatoms. The lowest BCUT2D eigenvalue weighted by Gasteiger charge is -2.31. The quantitative estimate of drug-likeness (QED) is 0.852. The maximum absolute atomic E-state index is 12.5. The Morgan fingerprint density at radius 3 is 2.43 bits per heavy atom. The minimum Gasteiger partial charge on any atom is -0.444 e. The number of likely N-dealkylation sites (tertiary alicyclic amines) is 1. The summed E-state index contributed by atoms with van der Waals surface area (Å²) in [4.78, 5) is 26.5. The Kier molecular flexibility index (Phi) is 4.79. The van der Waals surface area contributed by atoms with Crippen LogP contribution < -0.4 is 5.32 Å². The third-order valence-electron chi connectivity index (χ3n) is 4.12. The first kappa shape index (κ1) is 16.1. The SMILES string of the molecule is CC1CC1NC(=O)C1CCCCCN1C(=O)OC(C)(C)C. The summed E-state index contributed by atoms with van der Waals surface area (Å²) in [5.74, 6) is 0.548. The predicted octanol–water partition coefficient (Wildman–Crippen LogP) is 2.69. The van der Waals surface area contributed by atoms with Crippen molar-refractivity contribution in [2.24, 2.45) is 5.92 Å². The summed E-state index contributed by atoms with van der Waals surface area (Å²) in [6.07, 6.45) is 4.38. The second-order valence-corrected chi connectivity index (χ2v) is 7.37. The zero-order chi connectivity index (χ0) is 15.6. The van der Waals surface area contributed by atoms with Crippen molar-refractivity contribution in [1.29, 1.82) is 0 Å². The molecule has 2 aliphatic rings. The summed E-state index contributed by atoms with van der Waals surface area (Å²) < 4.78 is 5.46. The van der Waals surface area contributed by atoms with Gasteiger partial charge in [0.25, 0.3) is 0 Å². The normalized spacial score (nSPS) is 29.5. The number of nitrogens with zero attached hydrogens (tertiary/aromatic N) is 1. The van der Waals surface area contributed by atoms with Gasteiger partial charge in [-0.05, 0) is 46.0 Å². The summed E-state index contributed by atoms with van der Waals surface area (Å²) in [6.45, 7) is 8.29. The van der Waals surface area contributed by atoms with E-state index in [4.69, 9.17) is 4.74 Å². The molecule has 0 spiro atoms. The van der Waals surface area contributed by atoms with E-state index in [0.29, 0.717) is 18.5 Å². The van der Waals surface area contributed by atoms with E-state index in [2.05, 4.69) is 12.2 Å². The lowest BCUT2D eigenvalue weighted by molar-refractivity contribution is -0.126. The van der Waals surface area contributed by atoms with Crippen molar-refractivity contribution in [3.05, 3.63) is 0 Å². The van der Waals surface area contributed by atoms with Crippen LogP contribution in [0.25, 0.3) is 0 Å². The Labute approximate surface area is 127 Å². The van der Waals surface area contributed by atoms with E-state index < -0.39 is 5.60 Å². The van der Waals surface area contributed by atoms with Crippen molar-refractivity contribution in [1.82, 2.24) is 10.2 Å². The summed E-state index contributed by atoms with van der Waals surface area (Å²) in [7, 11) is 0. The van der Waals surface area contributed by atoms with Gasteiger partial charge in [0, 0.05) is 12.6 Å². The minimum absolute atomic E-state index is 0.0166. The molecule has 21 heavy (non-hydrogen) atoms. The Morgan fingerprint density at radius 2 is 1.86 bits per heavy atom. The number of carbonyl (C=O) groups excluding carboxylic acids is 2. The fourth-order valence-electron chi connectivity index (χ4n) is 2.72. The molecule has 1 saturated heterocycles. The summed E-state index contributed by atoms with van der Waals surface area (Å²) >= 11 is 0. The van der Waals surface area contributed by atoms with E-state index >= 15 is 0 Å². The zero-order valence-corrected chi connectivity index (χ0v) is 13.6. The standard InChI is InChI=1S/C16H28N2O3/c1-11-10-12(11)17-14(19)13-8-6-5-7-9-18(13)15(20)21-16(2,3)4/h11-13H,5-10H2,1-4H3,(H,17,19). The molecular formula is C16H28N2O3. The second-order valence-electron chi connectivity index (χ2n) is 7.37. The van der Waals surface area contributed by atoms with E-state index in [0.717, 1.165) is 32.1 Å². The van der Waals surface area contributed by atoms with Crippen LogP contribution in [0.4, 0.5) is 4.79 Å². The molecule has 0 aromatic rings. The largest absolute Gasteiger partial charge is 0.444 e. The van der Waals surface area contributed by atoms with Crippen LogP contribution in [0.15, 0.2) is 0 Å². The molecule has 3 atom stereocenters. The molecule has 5 nitrogen and oxygen atoms in total. The number of nitrogens with one attached hydrogen (secondary N) is 1. The van der Waals surface area contributed by atoms with Gasteiger partial charge in [-0.15, -0.1) is 0 Å². The van der Waals surface area contributed by atoms with Crippen LogP contribution in [0.5, 0.6) is 0 Å². The molecule has 0 radical (unpaired) electrons. The monoisotopic (exact) mass is 296 g/mol. The highest BCUT2D eigenvalue weighted by Crippen LogP contribution is 2.30. The van der Waals surface area contributed by atoms with Crippen LogP contribution in [0.1, 0.15) is 59.8 Å². The molecule has 1 heterocycles. The highest BCUT2D eigenvalue weighted by Gasteiger charge is 2.39. The van der Waals surface area contributed by atoms with Gasteiger partial charge in [-0.2, -0.15) is 0 Å². The first-order valence-corrected chi connectivity index (χ1v) is 8.08. The van der Waals surface area contributed by atoms with Crippen LogP contribution in [-0.4, -0.2) is 41.1 Å². The van der Waals surface area contributed by atoms with E-state index in [1.54, 1.807) is 4.90 Å². The number of amides is 2. The highest BCUT2D eigenvalue weighted by atomic mass is 16.6. The first-order chi connectivity index (χ1) is 9.78. The van der Waals surface area contributed by atoms with Crippen molar-refractivity contribution in [2.45, 2.75) is 77.5 Å². The fourth-order valence-corrected chi connectivity index (χ4v) is 2.72. The average Bonchev–Trinajstić information content (AvgIpc) is 3.08. The molecular weight excluding hydrogens is 268 g/mol. The minimum atomic E-state index is -0.532. The van der Waals surface area contributed by atoms with Crippen LogP contribution in [0, 0.1) is 5.92 Å². The van der Waals surface area contributed by atoms with E-state index in [-0.39, 0.29) is 18.0 Å². The summed E-state index contributed by atoms with van der Waals surface area (Å²) in [5, 5.41) is 3.06. The van der Waals surface area contributed by atoms with Crippen molar-refractivity contribution < 1.29 is 14.3 Å². The molecule has 2 amide bonds. The third-order valence-corrected chi connectivity index (χ3v) is 4.12. The van der Waals surface area contributed by atoms with E-state index in [1.807, 2.05) is 20.8 Å².